The summed E-state index contributed by atoms with van der Waals surface area (Å²) in [4.78, 5) is 14.8. The van der Waals surface area contributed by atoms with Gasteiger partial charge < -0.3 is 15.4 Å². The number of nitrogens with two attached hydrogens (primary N) is 1. The summed E-state index contributed by atoms with van der Waals surface area (Å²) in [6.45, 7) is 6.20. The van der Waals surface area contributed by atoms with E-state index in [9.17, 15) is 4.79 Å². The van der Waals surface area contributed by atoms with Crippen molar-refractivity contribution >= 4 is 5.91 Å². The molecule has 4 nitrogen and oxygen atoms in total. The number of carbonyl (C=O) groups is 1. The van der Waals surface area contributed by atoms with Crippen molar-refractivity contribution in [3.63, 3.8) is 0 Å². The zero-order valence-corrected chi connectivity index (χ0v) is 12.3. The Balaban J connectivity index is 2.03. The number of rotatable bonds is 4. The Bertz CT molecular complexity index is 305. The van der Waals surface area contributed by atoms with Gasteiger partial charge in [0.1, 0.15) is 0 Å². The highest BCUT2D eigenvalue weighted by molar-refractivity contribution is 5.79. The maximum Gasteiger partial charge on any atom is 0.227 e. The van der Waals surface area contributed by atoms with E-state index < -0.39 is 0 Å². The summed E-state index contributed by atoms with van der Waals surface area (Å²) < 4.78 is 5.83. The Labute approximate surface area is 116 Å². The average Bonchev–Trinajstić information content (AvgIpc) is 2.43. The van der Waals surface area contributed by atoms with Crippen LogP contribution in [0, 0.1) is 11.8 Å². The zero-order chi connectivity index (χ0) is 13.8. The molecule has 0 bridgehead atoms. The summed E-state index contributed by atoms with van der Waals surface area (Å²) in [6.07, 6.45) is 5.80. The van der Waals surface area contributed by atoms with Crippen molar-refractivity contribution < 1.29 is 9.53 Å². The molecule has 1 aliphatic heterocycles. The van der Waals surface area contributed by atoms with Crippen LogP contribution in [0.4, 0.5) is 0 Å². The van der Waals surface area contributed by atoms with Gasteiger partial charge in [0, 0.05) is 13.1 Å². The van der Waals surface area contributed by atoms with Gasteiger partial charge in [-0.2, -0.15) is 0 Å². The van der Waals surface area contributed by atoms with Crippen molar-refractivity contribution in [3.8, 4) is 0 Å². The van der Waals surface area contributed by atoms with Crippen LogP contribution in [0.25, 0.3) is 0 Å². The monoisotopic (exact) mass is 268 g/mol. The van der Waals surface area contributed by atoms with Gasteiger partial charge in [-0.05, 0) is 25.2 Å². The first kappa shape index (κ1) is 14.8. The van der Waals surface area contributed by atoms with Crippen molar-refractivity contribution in [2.45, 2.75) is 58.1 Å². The van der Waals surface area contributed by atoms with Gasteiger partial charge in [0.05, 0.1) is 24.7 Å². The Morgan fingerprint density at radius 1 is 1.37 bits per heavy atom. The molecule has 1 amide bonds. The van der Waals surface area contributed by atoms with Crippen LogP contribution < -0.4 is 5.73 Å². The van der Waals surface area contributed by atoms with Gasteiger partial charge in [-0.3, -0.25) is 4.79 Å². The van der Waals surface area contributed by atoms with Crippen LogP contribution in [0.3, 0.4) is 0 Å². The Morgan fingerprint density at radius 2 is 2.11 bits per heavy atom. The molecule has 1 heterocycles. The minimum Gasteiger partial charge on any atom is -0.374 e. The van der Waals surface area contributed by atoms with Gasteiger partial charge in [-0.25, -0.2) is 0 Å². The molecule has 2 rings (SSSR count). The van der Waals surface area contributed by atoms with Crippen molar-refractivity contribution in [1.82, 2.24) is 4.90 Å². The molecule has 0 spiro atoms. The molecule has 1 saturated heterocycles. The van der Waals surface area contributed by atoms with Crippen LogP contribution in [0.1, 0.15) is 46.0 Å². The number of carbonyl (C=O) groups excluding carboxylic acids is 1. The van der Waals surface area contributed by atoms with Crippen LogP contribution in [0.15, 0.2) is 0 Å². The number of hydrogen-bond acceptors (Lipinski definition) is 3. The van der Waals surface area contributed by atoms with Crippen LogP contribution in [0.5, 0.6) is 0 Å². The first-order chi connectivity index (χ1) is 9.13. The first-order valence-corrected chi connectivity index (χ1v) is 7.75. The van der Waals surface area contributed by atoms with Gasteiger partial charge in [-0.1, -0.05) is 26.7 Å². The van der Waals surface area contributed by atoms with Gasteiger partial charge in [0.25, 0.3) is 0 Å². The molecule has 0 aromatic heterocycles. The smallest absolute Gasteiger partial charge is 0.227 e. The number of fused-ring (bicyclic) bond motifs is 1. The minimum absolute atomic E-state index is 0.0133. The maximum atomic E-state index is 12.7. The van der Waals surface area contributed by atoms with E-state index in [1.807, 2.05) is 0 Å². The van der Waals surface area contributed by atoms with E-state index in [-0.39, 0.29) is 17.9 Å². The standard InChI is InChI=1S/C15H28N2O2/c1-11(2)9-12(10-16)15(18)17-7-8-19-14-6-4-3-5-13(14)17/h11-14H,3-10,16H2,1-2H3. The molecule has 3 unspecified atom stereocenters. The predicted molar refractivity (Wildman–Crippen MR) is 75.7 cm³/mol. The highest BCUT2D eigenvalue weighted by atomic mass is 16.5. The molecular weight excluding hydrogens is 240 g/mol. The lowest BCUT2D eigenvalue weighted by Crippen LogP contribution is -2.56. The van der Waals surface area contributed by atoms with Crippen LogP contribution in [0.2, 0.25) is 0 Å². The lowest BCUT2D eigenvalue weighted by atomic mass is 9.88. The fourth-order valence-electron chi connectivity index (χ4n) is 3.47. The summed E-state index contributed by atoms with van der Waals surface area (Å²) in [5.74, 6) is 0.762. The Kier molecular flexibility index (Phi) is 5.22. The number of morpholine rings is 1. The third-order valence-electron chi connectivity index (χ3n) is 4.40. The lowest BCUT2D eigenvalue weighted by Gasteiger charge is -2.45. The van der Waals surface area contributed by atoms with Gasteiger partial charge >= 0.3 is 0 Å². The molecule has 0 radical (unpaired) electrons. The highest BCUT2D eigenvalue weighted by Gasteiger charge is 2.38. The number of hydrogen-bond donors (Lipinski definition) is 1. The van der Waals surface area contributed by atoms with E-state index in [0.29, 0.717) is 25.1 Å². The molecule has 4 heteroatoms. The normalized spacial score (nSPS) is 29.2. The molecule has 2 N–H and O–H groups in total. The van der Waals surface area contributed by atoms with E-state index in [1.54, 1.807) is 0 Å². The minimum atomic E-state index is -0.0133. The molecule has 3 atom stereocenters. The Hall–Kier alpha value is -0.610. The predicted octanol–water partition coefficient (Wildman–Crippen LogP) is 1.78. The number of ether oxygens (including phenoxy) is 1. The molecule has 19 heavy (non-hydrogen) atoms. The second kappa shape index (κ2) is 6.71. The van der Waals surface area contributed by atoms with Crippen molar-refractivity contribution in [1.29, 1.82) is 0 Å². The van der Waals surface area contributed by atoms with Gasteiger partial charge in [0.2, 0.25) is 5.91 Å². The molecule has 1 saturated carbocycles. The van der Waals surface area contributed by atoms with E-state index in [1.165, 1.54) is 12.8 Å². The third kappa shape index (κ3) is 3.48. The molecule has 0 aromatic carbocycles. The lowest BCUT2D eigenvalue weighted by molar-refractivity contribution is -0.154. The SMILES string of the molecule is CC(C)CC(CN)C(=O)N1CCOC2CCCCC21. The fraction of sp³-hybridized carbons (Fsp3) is 0.933. The summed E-state index contributed by atoms with van der Waals surface area (Å²) in [5.41, 5.74) is 5.82. The van der Waals surface area contributed by atoms with E-state index in [2.05, 4.69) is 18.7 Å². The highest BCUT2D eigenvalue weighted by Crippen LogP contribution is 2.30. The fourth-order valence-corrected chi connectivity index (χ4v) is 3.47. The largest absolute Gasteiger partial charge is 0.374 e. The molecule has 2 aliphatic rings. The third-order valence-corrected chi connectivity index (χ3v) is 4.40. The topological polar surface area (TPSA) is 55.6 Å². The molecule has 1 aliphatic carbocycles. The molecule has 110 valence electrons. The van der Waals surface area contributed by atoms with Gasteiger partial charge in [0.15, 0.2) is 0 Å². The second-order valence-electron chi connectivity index (χ2n) is 6.35. The maximum absolute atomic E-state index is 12.7. The zero-order valence-electron chi connectivity index (χ0n) is 12.3. The van der Waals surface area contributed by atoms with E-state index >= 15 is 0 Å². The van der Waals surface area contributed by atoms with E-state index in [4.69, 9.17) is 10.5 Å². The van der Waals surface area contributed by atoms with Crippen molar-refractivity contribution in [2.75, 3.05) is 19.7 Å². The van der Waals surface area contributed by atoms with Gasteiger partial charge in [-0.15, -0.1) is 0 Å². The summed E-state index contributed by atoms with van der Waals surface area (Å²) in [7, 11) is 0. The first-order valence-electron chi connectivity index (χ1n) is 7.75. The van der Waals surface area contributed by atoms with Crippen LogP contribution in [-0.4, -0.2) is 42.6 Å². The number of amides is 1. The van der Waals surface area contributed by atoms with Crippen molar-refractivity contribution in [3.05, 3.63) is 0 Å². The van der Waals surface area contributed by atoms with Crippen LogP contribution in [-0.2, 0) is 9.53 Å². The summed E-state index contributed by atoms with van der Waals surface area (Å²) >= 11 is 0. The average molecular weight is 268 g/mol. The Morgan fingerprint density at radius 3 is 2.79 bits per heavy atom. The molecule has 0 aromatic rings. The van der Waals surface area contributed by atoms with Crippen LogP contribution >= 0.6 is 0 Å². The number of nitrogens with zero attached hydrogens (tertiary/aromatic N) is 1. The van der Waals surface area contributed by atoms with E-state index in [0.717, 1.165) is 25.8 Å². The van der Waals surface area contributed by atoms with Crippen molar-refractivity contribution in [2.24, 2.45) is 17.6 Å². The molecular formula is C15H28N2O2. The second-order valence-corrected chi connectivity index (χ2v) is 6.35. The summed E-state index contributed by atoms with van der Waals surface area (Å²) in [5, 5.41) is 0. The summed E-state index contributed by atoms with van der Waals surface area (Å²) in [6, 6.07) is 0.302. The molecule has 2 fully saturated rings. The quantitative estimate of drug-likeness (QED) is 0.845.